The molecule has 3 aromatic rings. The lowest BCUT2D eigenvalue weighted by Crippen LogP contribution is -2.11. The Labute approximate surface area is 152 Å². The van der Waals surface area contributed by atoms with Gasteiger partial charge in [-0.25, -0.2) is 4.98 Å². The van der Waals surface area contributed by atoms with Crippen molar-refractivity contribution in [2.24, 2.45) is 0 Å². The lowest BCUT2D eigenvalue weighted by atomic mass is 10.1. The first-order chi connectivity index (χ1) is 12.1. The summed E-state index contributed by atoms with van der Waals surface area (Å²) in [5.74, 6) is -0.0963. The molecular weight excluding hydrogens is 328 g/mol. The van der Waals surface area contributed by atoms with Crippen LogP contribution in [0.1, 0.15) is 39.7 Å². The third-order valence-corrected chi connectivity index (χ3v) is 5.28. The number of aryl methyl sites for hydroxylation is 3. The van der Waals surface area contributed by atoms with Crippen LogP contribution in [0.2, 0.25) is 0 Å². The fourth-order valence-electron chi connectivity index (χ4n) is 2.74. The Morgan fingerprint density at radius 3 is 2.28 bits per heavy atom. The molecule has 0 aliphatic heterocycles. The van der Waals surface area contributed by atoms with E-state index < -0.39 is 0 Å². The zero-order valence-corrected chi connectivity index (χ0v) is 15.6. The van der Waals surface area contributed by atoms with Crippen molar-refractivity contribution < 1.29 is 4.79 Å². The van der Waals surface area contributed by atoms with Crippen molar-refractivity contribution in [3.63, 3.8) is 0 Å². The number of aromatic nitrogens is 1. The van der Waals surface area contributed by atoms with Gasteiger partial charge in [-0.3, -0.25) is 4.79 Å². The summed E-state index contributed by atoms with van der Waals surface area (Å²) >= 11 is 1.73. The van der Waals surface area contributed by atoms with Crippen molar-refractivity contribution in [3.05, 3.63) is 69.5 Å². The molecule has 0 saturated heterocycles. The number of nitrogens with one attached hydrogen (secondary N) is 1. The number of anilines is 1. The zero-order chi connectivity index (χ0) is 17.8. The molecule has 0 spiro atoms. The van der Waals surface area contributed by atoms with Gasteiger partial charge in [0.05, 0.1) is 10.7 Å². The highest BCUT2D eigenvalue weighted by atomic mass is 32.1. The van der Waals surface area contributed by atoms with Crippen LogP contribution < -0.4 is 5.32 Å². The molecule has 25 heavy (non-hydrogen) atoms. The highest BCUT2D eigenvalue weighted by Gasteiger charge is 2.11. The average Bonchev–Trinajstić information content (AvgIpc) is 3.03. The molecule has 0 bridgehead atoms. The number of benzene rings is 2. The molecule has 0 saturated carbocycles. The van der Waals surface area contributed by atoms with Crippen LogP contribution in [0.3, 0.4) is 0 Å². The number of hydrogen-bond acceptors (Lipinski definition) is 3. The number of thiazole rings is 1. The van der Waals surface area contributed by atoms with Crippen LogP contribution in [-0.4, -0.2) is 10.9 Å². The van der Waals surface area contributed by atoms with E-state index >= 15 is 0 Å². The third-order valence-electron chi connectivity index (χ3n) is 4.17. The van der Waals surface area contributed by atoms with Gasteiger partial charge < -0.3 is 5.32 Å². The largest absolute Gasteiger partial charge is 0.322 e. The van der Waals surface area contributed by atoms with Gasteiger partial charge in [0.25, 0.3) is 5.91 Å². The minimum atomic E-state index is -0.0963. The number of rotatable bonds is 5. The van der Waals surface area contributed by atoms with Crippen molar-refractivity contribution in [3.8, 4) is 11.3 Å². The van der Waals surface area contributed by atoms with Crippen LogP contribution in [0.15, 0.2) is 48.5 Å². The Balaban J connectivity index is 1.75. The summed E-state index contributed by atoms with van der Waals surface area (Å²) in [6.45, 7) is 6.28. The highest BCUT2D eigenvalue weighted by molar-refractivity contribution is 7.12. The third kappa shape index (κ3) is 3.97. The van der Waals surface area contributed by atoms with Gasteiger partial charge in [0.2, 0.25) is 0 Å². The molecule has 4 heteroatoms. The van der Waals surface area contributed by atoms with Gasteiger partial charge in [-0.2, -0.15) is 0 Å². The lowest BCUT2D eigenvalue weighted by molar-refractivity contribution is 0.102. The van der Waals surface area contributed by atoms with Crippen LogP contribution in [0.5, 0.6) is 0 Å². The highest BCUT2D eigenvalue weighted by Crippen LogP contribution is 2.28. The van der Waals surface area contributed by atoms with Crippen molar-refractivity contribution in [1.29, 1.82) is 0 Å². The van der Waals surface area contributed by atoms with E-state index in [0.29, 0.717) is 5.56 Å². The van der Waals surface area contributed by atoms with Gasteiger partial charge >= 0.3 is 0 Å². The van der Waals surface area contributed by atoms with Gasteiger partial charge in [-0.05, 0) is 49.6 Å². The predicted molar refractivity (Wildman–Crippen MR) is 105 cm³/mol. The number of hydrogen-bond donors (Lipinski definition) is 1. The second-order valence-electron chi connectivity index (χ2n) is 5.94. The van der Waals surface area contributed by atoms with Gasteiger partial charge in [0.1, 0.15) is 0 Å². The van der Waals surface area contributed by atoms with E-state index in [9.17, 15) is 4.79 Å². The molecule has 1 N–H and O–H groups in total. The van der Waals surface area contributed by atoms with E-state index in [1.165, 1.54) is 10.4 Å². The van der Waals surface area contributed by atoms with E-state index in [0.717, 1.165) is 34.8 Å². The fraction of sp³-hybridized carbons (Fsp3) is 0.238. The molecule has 2 aromatic carbocycles. The quantitative estimate of drug-likeness (QED) is 0.660. The summed E-state index contributed by atoms with van der Waals surface area (Å²) < 4.78 is 0. The first kappa shape index (κ1) is 17.4. The molecule has 0 atom stereocenters. The van der Waals surface area contributed by atoms with Crippen LogP contribution in [0, 0.1) is 6.92 Å². The maximum absolute atomic E-state index is 12.4. The Bertz CT molecular complexity index is 864. The zero-order valence-electron chi connectivity index (χ0n) is 14.8. The molecule has 0 aliphatic carbocycles. The fourth-order valence-corrected chi connectivity index (χ4v) is 3.64. The summed E-state index contributed by atoms with van der Waals surface area (Å²) in [4.78, 5) is 18.3. The Morgan fingerprint density at radius 2 is 1.68 bits per heavy atom. The maximum atomic E-state index is 12.4. The second kappa shape index (κ2) is 7.62. The predicted octanol–water partition coefficient (Wildman–Crippen LogP) is 5.50. The molecule has 1 heterocycles. The molecule has 0 unspecified atom stereocenters. The van der Waals surface area contributed by atoms with Gasteiger partial charge in [-0.15, -0.1) is 11.3 Å². The number of nitrogens with zero attached hydrogens (tertiary/aromatic N) is 1. The summed E-state index contributed by atoms with van der Waals surface area (Å²) in [7, 11) is 0. The molecule has 3 rings (SSSR count). The standard InChI is InChI=1S/C21H22N2OS/c1-4-15-6-12-18(13-7-15)23-21(24)17-10-8-16(9-11-17)20-19(5-2)25-14(3)22-20/h6-13H,4-5H2,1-3H3,(H,23,24). The topological polar surface area (TPSA) is 42.0 Å². The SMILES string of the molecule is CCc1ccc(NC(=O)c2ccc(-c3nc(C)sc3CC)cc2)cc1. The van der Waals surface area contributed by atoms with E-state index in [4.69, 9.17) is 0 Å². The first-order valence-electron chi connectivity index (χ1n) is 8.57. The molecule has 1 amide bonds. The van der Waals surface area contributed by atoms with Gasteiger partial charge in [-0.1, -0.05) is 38.1 Å². The Hall–Kier alpha value is -2.46. The number of amides is 1. The second-order valence-corrected chi connectivity index (χ2v) is 7.23. The van der Waals surface area contributed by atoms with Crippen LogP contribution in [-0.2, 0) is 12.8 Å². The van der Waals surface area contributed by atoms with E-state index in [2.05, 4.69) is 24.1 Å². The van der Waals surface area contributed by atoms with Crippen LogP contribution in [0.4, 0.5) is 5.69 Å². The summed E-state index contributed by atoms with van der Waals surface area (Å²) in [6, 6.07) is 15.6. The first-order valence-corrected chi connectivity index (χ1v) is 9.39. The smallest absolute Gasteiger partial charge is 0.255 e. The molecular formula is C21H22N2OS. The van der Waals surface area contributed by atoms with Gasteiger partial charge in [0.15, 0.2) is 0 Å². The number of carbonyl (C=O) groups excluding carboxylic acids is 1. The maximum Gasteiger partial charge on any atom is 0.255 e. The van der Waals surface area contributed by atoms with E-state index in [1.807, 2.05) is 55.5 Å². The van der Waals surface area contributed by atoms with Crippen LogP contribution in [0.25, 0.3) is 11.3 Å². The van der Waals surface area contributed by atoms with Crippen molar-refractivity contribution in [1.82, 2.24) is 4.98 Å². The number of carbonyl (C=O) groups is 1. The van der Waals surface area contributed by atoms with Gasteiger partial charge in [0, 0.05) is 21.7 Å². The Morgan fingerprint density at radius 1 is 1.00 bits per heavy atom. The molecule has 3 nitrogen and oxygen atoms in total. The minimum Gasteiger partial charge on any atom is -0.322 e. The van der Waals surface area contributed by atoms with E-state index in [-0.39, 0.29) is 5.91 Å². The monoisotopic (exact) mass is 350 g/mol. The minimum absolute atomic E-state index is 0.0963. The lowest BCUT2D eigenvalue weighted by Gasteiger charge is -2.07. The summed E-state index contributed by atoms with van der Waals surface area (Å²) in [6.07, 6.45) is 1.96. The van der Waals surface area contributed by atoms with Crippen molar-refractivity contribution in [2.75, 3.05) is 5.32 Å². The van der Waals surface area contributed by atoms with Crippen molar-refractivity contribution in [2.45, 2.75) is 33.6 Å². The molecule has 0 aliphatic rings. The van der Waals surface area contributed by atoms with Crippen molar-refractivity contribution >= 4 is 22.9 Å². The summed E-state index contributed by atoms with van der Waals surface area (Å²) in [5.41, 5.74) is 4.81. The van der Waals surface area contributed by atoms with Crippen LogP contribution >= 0.6 is 11.3 Å². The molecule has 128 valence electrons. The molecule has 0 radical (unpaired) electrons. The summed E-state index contributed by atoms with van der Waals surface area (Å²) in [5, 5.41) is 4.02. The Kier molecular flexibility index (Phi) is 5.29. The molecule has 0 fully saturated rings. The van der Waals surface area contributed by atoms with E-state index in [1.54, 1.807) is 11.3 Å². The average molecular weight is 350 g/mol. The molecule has 1 aromatic heterocycles. The normalized spacial score (nSPS) is 10.7.